The van der Waals surface area contributed by atoms with Gasteiger partial charge in [-0.2, -0.15) is 17.0 Å². The first-order chi connectivity index (χ1) is 7.38. The van der Waals surface area contributed by atoms with E-state index in [4.69, 9.17) is 5.26 Å². The van der Waals surface area contributed by atoms with Crippen molar-refractivity contribution in [3.05, 3.63) is 35.9 Å². The van der Waals surface area contributed by atoms with E-state index in [9.17, 15) is 0 Å². The van der Waals surface area contributed by atoms with Crippen molar-refractivity contribution in [3.8, 4) is 6.07 Å². The maximum Gasteiger partial charge on any atom is 0.0641 e. The third kappa shape index (κ3) is 4.37. The molecule has 1 aromatic carbocycles. The van der Waals surface area contributed by atoms with Crippen molar-refractivity contribution in [2.75, 3.05) is 18.6 Å². The highest BCUT2D eigenvalue weighted by molar-refractivity contribution is 7.98. The predicted molar refractivity (Wildman–Crippen MR) is 65.8 cm³/mol. The van der Waals surface area contributed by atoms with Crippen LogP contribution < -0.4 is 5.32 Å². The Morgan fingerprint density at radius 1 is 1.40 bits per heavy atom. The molecular formula is C12H16N2S. The molecule has 0 saturated carbocycles. The average molecular weight is 220 g/mol. The van der Waals surface area contributed by atoms with Gasteiger partial charge < -0.3 is 5.32 Å². The Balaban J connectivity index is 2.55. The molecule has 1 rings (SSSR count). The van der Waals surface area contributed by atoms with Crippen LogP contribution in [0.15, 0.2) is 30.3 Å². The quantitative estimate of drug-likeness (QED) is 0.749. The van der Waals surface area contributed by atoms with Gasteiger partial charge in [-0.05, 0) is 11.8 Å². The second-order valence-corrected chi connectivity index (χ2v) is 4.26. The fourth-order valence-electron chi connectivity index (χ4n) is 1.42. The normalized spacial score (nSPS) is 12.0. The van der Waals surface area contributed by atoms with Crippen LogP contribution in [0.25, 0.3) is 0 Å². The van der Waals surface area contributed by atoms with Crippen molar-refractivity contribution in [1.82, 2.24) is 5.32 Å². The van der Waals surface area contributed by atoms with Crippen LogP contribution in [0, 0.1) is 11.3 Å². The van der Waals surface area contributed by atoms with E-state index in [-0.39, 0.29) is 6.04 Å². The number of rotatable bonds is 6. The molecule has 0 aliphatic rings. The molecule has 0 spiro atoms. The van der Waals surface area contributed by atoms with Crippen molar-refractivity contribution < 1.29 is 0 Å². The molecular weight excluding hydrogens is 204 g/mol. The number of nitriles is 1. The number of benzene rings is 1. The van der Waals surface area contributed by atoms with E-state index in [1.54, 1.807) is 0 Å². The Morgan fingerprint density at radius 2 is 2.13 bits per heavy atom. The molecule has 0 fully saturated rings. The van der Waals surface area contributed by atoms with E-state index in [1.807, 2.05) is 30.0 Å². The molecule has 0 radical (unpaired) electrons. The average Bonchev–Trinajstić information content (AvgIpc) is 2.29. The summed E-state index contributed by atoms with van der Waals surface area (Å²) >= 11 is 1.81. The van der Waals surface area contributed by atoms with E-state index in [0.29, 0.717) is 6.42 Å². The highest BCUT2D eigenvalue weighted by Crippen LogP contribution is 2.15. The van der Waals surface area contributed by atoms with Gasteiger partial charge in [0.25, 0.3) is 0 Å². The van der Waals surface area contributed by atoms with Crippen LogP contribution in [-0.2, 0) is 0 Å². The maximum atomic E-state index is 8.76. The SMILES string of the molecule is CSCCNC(CC#N)c1ccccc1. The summed E-state index contributed by atoms with van der Waals surface area (Å²) in [6, 6.07) is 12.5. The smallest absolute Gasteiger partial charge is 0.0641 e. The van der Waals surface area contributed by atoms with Gasteiger partial charge in [-0.3, -0.25) is 0 Å². The lowest BCUT2D eigenvalue weighted by atomic mass is 10.0. The molecule has 0 bridgehead atoms. The van der Waals surface area contributed by atoms with Gasteiger partial charge in [0.2, 0.25) is 0 Å². The zero-order valence-corrected chi connectivity index (χ0v) is 9.76. The number of thioether (sulfide) groups is 1. The maximum absolute atomic E-state index is 8.76. The molecule has 0 aliphatic carbocycles. The fourth-order valence-corrected chi connectivity index (χ4v) is 1.74. The van der Waals surface area contributed by atoms with Crippen molar-refractivity contribution >= 4 is 11.8 Å². The van der Waals surface area contributed by atoms with E-state index in [2.05, 4.69) is 29.8 Å². The second-order valence-electron chi connectivity index (χ2n) is 3.27. The first-order valence-corrected chi connectivity index (χ1v) is 6.42. The van der Waals surface area contributed by atoms with Gasteiger partial charge in [-0.1, -0.05) is 30.3 Å². The van der Waals surface area contributed by atoms with Crippen LogP contribution in [0.1, 0.15) is 18.0 Å². The van der Waals surface area contributed by atoms with Gasteiger partial charge in [0.05, 0.1) is 12.5 Å². The van der Waals surface area contributed by atoms with Crippen molar-refractivity contribution in [1.29, 1.82) is 5.26 Å². The van der Waals surface area contributed by atoms with Gasteiger partial charge >= 0.3 is 0 Å². The largest absolute Gasteiger partial charge is 0.308 e. The Kier molecular flexibility index (Phi) is 5.91. The number of nitrogens with one attached hydrogen (secondary N) is 1. The Labute approximate surface area is 95.7 Å². The molecule has 1 unspecified atom stereocenters. The van der Waals surface area contributed by atoms with Gasteiger partial charge in [0.1, 0.15) is 0 Å². The van der Waals surface area contributed by atoms with E-state index >= 15 is 0 Å². The summed E-state index contributed by atoms with van der Waals surface area (Å²) in [5, 5.41) is 12.2. The van der Waals surface area contributed by atoms with Crippen molar-refractivity contribution in [2.45, 2.75) is 12.5 Å². The van der Waals surface area contributed by atoms with Gasteiger partial charge in [-0.15, -0.1) is 0 Å². The highest BCUT2D eigenvalue weighted by atomic mass is 32.2. The van der Waals surface area contributed by atoms with Crippen LogP contribution in [0.2, 0.25) is 0 Å². The summed E-state index contributed by atoms with van der Waals surface area (Å²) in [5.74, 6) is 1.08. The predicted octanol–water partition coefficient (Wildman–Crippen LogP) is 2.59. The van der Waals surface area contributed by atoms with Gasteiger partial charge in [0, 0.05) is 18.3 Å². The van der Waals surface area contributed by atoms with Crippen molar-refractivity contribution in [2.24, 2.45) is 0 Å². The molecule has 0 saturated heterocycles. The van der Waals surface area contributed by atoms with E-state index in [0.717, 1.165) is 12.3 Å². The molecule has 15 heavy (non-hydrogen) atoms. The number of nitrogens with zero attached hydrogens (tertiary/aromatic N) is 1. The molecule has 0 aromatic heterocycles. The number of hydrogen-bond donors (Lipinski definition) is 1. The minimum absolute atomic E-state index is 0.170. The Hall–Kier alpha value is -0.980. The Bertz CT molecular complexity index is 305. The Morgan fingerprint density at radius 3 is 2.73 bits per heavy atom. The summed E-state index contributed by atoms with van der Waals surface area (Å²) in [6.07, 6.45) is 2.61. The molecule has 1 N–H and O–H groups in total. The van der Waals surface area contributed by atoms with Crippen LogP contribution in [0.4, 0.5) is 0 Å². The molecule has 1 aromatic rings. The van der Waals surface area contributed by atoms with Crippen molar-refractivity contribution in [3.63, 3.8) is 0 Å². The molecule has 0 amide bonds. The van der Waals surface area contributed by atoms with E-state index in [1.165, 1.54) is 5.56 Å². The zero-order valence-electron chi connectivity index (χ0n) is 8.94. The lowest BCUT2D eigenvalue weighted by Crippen LogP contribution is -2.23. The van der Waals surface area contributed by atoms with Crippen LogP contribution in [0.5, 0.6) is 0 Å². The third-order valence-corrected chi connectivity index (χ3v) is 2.81. The first-order valence-electron chi connectivity index (χ1n) is 5.02. The topological polar surface area (TPSA) is 35.8 Å². The lowest BCUT2D eigenvalue weighted by Gasteiger charge is -2.15. The summed E-state index contributed by atoms with van der Waals surface area (Å²) in [5.41, 5.74) is 1.19. The van der Waals surface area contributed by atoms with Gasteiger partial charge in [0.15, 0.2) is 0 Å². The molecule has 80 valence electrons. The van der Waals surface area contributed by atoms with Crippen LogP contribution in [-0.4, -0.2) is 18.6 Å². The molecule has 0 aliphatic heterocycles. The molecule has 0 heterocycles. The fraction of sp³-hybridized carbons (Fsp3) is 0.417. The third-order valence-electron chi connectivity index (χ3n) is 2.19. The minimum atomic E-state index is 0.170. The summed E-state index contributed by atoms with van der Waals surface area (Å²) in [4.78, 5) is 0. The van der Waals surface area contributed by atoms with Crippen LogP contribution in [0.3, 0.4) is 0 Å². The summed E-state index contributed by atoms with van der Waals surface area (Å²) in [6.45, 7) is 0.947. The molecule has 1 atom stereocenters. The minimum Gasteiger partial charge on any atom is -0.308 e. The second kappa shape index (κ2) is 7.33. The molecule has 3 heteroatoms. The zero-order chi connectivity index (χ0) is 10.9. The van der Waals surface area contributed by atoms with Crippen LogP contribution >= 0.6 is 11.8 Å². The summed E-state index contributed by atoms with van der Waals surface area (Å²) < 4.78 is 0. The highest BCUT2D eigenvalue weighted by Gasteiger charge is 2.08. The standard InChI is InChI=1S/C12H16N2S/c1-15-10-9-14-12(7-8-13)11-5-3-2-4-6-11/h2-6,12,14H,7,9-10H2,1H3. The molecule has 2 nitrogen and oxygen atoms in total. The van der Waals surface area contributed by atoms with E-state index < -0.39 is 0 Å². The monoisotopic (exact) mass is 220 g/mol. The summed E-state index contributed by atoms with van der Waals surface area (Å²) in [7, 11) is 0. The van der Waals surface area contributed by atoms with Gasteiger partial charge in [-0.25, -0.2) is 0 Å². The number of hydrogen-bond acceptors (Lipinski definition) is 3. The first kappa shape index (κ1) is 12.1. The lowest BCUT2D eigenvalue weighted by molar-refractivity contribution is 0.566.